The second-order valence-corrected chi connectivity index (χ2v) is 7.65. The van der Waals surface area contributed by atoms with Crippen molar-refractivity contribution >= 4 is 25.8 Å². The van der Waals surface area contributed by atoms with Crippen molar-refractivity contribution in [3.05, 3.63) is 33.8 Å². The number of halogens is 1. The Labute approximate surface area is 111 Å². The first-order valence-electron chi connectivity index (χ1n) is 5.65. The van der Waals surface area contributed by atoms with Crippen LogP contribution in [0.4, 0.5) is 0 Å². The molecule has 1 fully saturated rings. The second kappa shape index (κ2) is 5.08. The van der Waals surface area contributed by atoms with Gasteiger partial charge in [-0.1, -0.05) is 28.1 Å². The Balaban J connectivity index is 1.92. The predicted octanol–water partition coefficient (Wildman–Crippen LogP) is 2.03. The van der Waals surface area contributed by atoms with E-state index >= 15 is 0 Å². The zero-order valence-electron chi connectivity index (χ0n) is 9.74. The van der Waals surface area contributed by atoms with Crippen LogP contribution in [0.3, 0.4) is 0 Å². The van der Waals surface area contributed by atoms with Gasteiger partial charge in [0.2, 0.25) is 0 Å². The fourth-order valence-electron chi connectivity index (χ4n) is 2.03. The molecule has 0 bridgehead atoms. The maximum absolute atomic E-state index is 11.3. The normalized spacial score (nSPS) is 22.8. The molecule has 1 aromatic carbocycles. The molecular formula is C12H16BrNO2S. The maximum atomic E-state index is 11.3. The SMILES string of the molecule is Cc1cc(CNC2CCS(=O)(=O)C2)ccc1Br. The van der Waals surface area contributed by atoms with E-state index in [4.69, 9.17) is 0 Å². The minimum absolute atomic E-state index is 0.115. The Morgan fingerprint density at radius 3 is 2.82 bits per heavy atom. The molecule has 0 aliphatic carbocycles. The van der Waals surface area contributed by atoms with Crippen molar-refractivity contribution in [3.63, 3.8) is 0 Å². The van der Waals surface area contributed by atoms with Gasteiger partial charge in [0, 0.05) is 17.1 Å². The monoisotopic (exact) mass is 317 g/mol. The number of nitrogens with one attached hydrogen (secondary N) is 1. The standard InChI is InChI=1S/C12H16BrNO2S/c1-9-6-10(2-3-12(9)13)7-14-11-4-5-17(15,16)8-11/h2-3,6,11,14H,4-5,7-8H2,1H3. The van der Waals surface area contributed by atoms with Gasteiger partial charge in [-0.05, 0) is 30.5 Å². The van der Waals surface area contributed by atoms with Gasteiger partial charge in [0.05, 0.1) is 11.5 Å². The van der Waals surface area contributed by atoms with Gasteiger partial charge in [-0.3, -0.25) is 0 Å². The first-order valence-corrected chi connectivity index (χ1v) is 8.26. The van der Waals surface area contributed by atoms with Crippen LogP contribution in [0.25, 0.3) is 0 Å². The Morgan fingerprint density at radius 2 is 2.24 bits per heavy atom. The van der Waals surface area contributed by atoms with Crippen LogP contribution in [0.1, 0.15) is 17.5 Å². The zero-order chi connectivity index (χ0) is 12.5. The van der Waals surface area contributed by atoms with E-state index in [0.717, 1.165) is 17.4 Å². The molecule has 0 spiro atoms. The first-order chi connectivity index (χ1) is 7.96. The van der Waals surface area contributed by atoms with E-state index in [0.29, 0.717) is 5.75 Å². The summed E-state index contributed by atoms with van der Waals surface area (Å²) >= 11 is 3.46. The van der Waals surface area contributed by atoms with Crippen molar-refractivity contribution in [2.24, 2.45) is 0 Å². The summed E-state index contributed by atoms with van der Waals surface area (Å²) < 4.78 is 23.7. The molecule has 1 saturated heterocycles. The van der Waals surface area contributed by atoms with E-state index in [9.17, 15) is 8.42 Å². The highest BCUT2D eigenvalue weighted by atomic mass is 79.9. The fraction of sp³-hybridized carbons (Fsp3) is 0.500. The van der Waals surface area contributed by atoms with Crippen LogP contribution < -0.4 is 5.32 Å². The van der Waals surface area contributed by atoms with Crippen molar-refractivity contribution in [2.45, 2.75) is 25.9 Å². The van der Waals surface area contributed by atoms with Crippen molar-refractivity contribution in [1.82, 2.24) is 5.32 Å². The molecule has 1 unspecified atom stereocenters. The summed E-state index contributed by atoms with van der Waals surface area (Å²) in [5.41, 5.74) is 2.39. The Hall–Kier alpha value is -0.390. The maximum Gasteiger partial charge on any atom is 0.151 e. The molecule has 1 aliphatic rings. The lowest BCUT2D eigenvalue weighted by Crippen LogP contribution is -2.29. The first kappa shape index (κ1) is 13.1. The molecule has 3 nitrogen and oxygen atoms in total. The van der Waals surface area contributed by atoms with E-state index in [2.05, 4.69) is 27.3 Å². The highest BCUT2D eigenvalue weighted by molar-refractivity contribution is 9.10. The largest absolute Gasteiger partial charge is 0.309 e. The lowest BCUT2D eigenvalue weighted by Gasteiger charge is -2.11. The molecule has 0 aromatic heterocycles. The van der Waals surface area contributed by atoms with Crippen LogP contribution in [0, 0.1) is 6.92 Å². The zero-order valence-corrected chi connectivity index (χ0v) is 12.1. The van der Waals surface area contributed by atoms with Gasteiger partial charge in [-0.15, -0.1) is 0 Å². The Bertz CT molecular complexity index is 513. The van der Waals surface area contributed by atoms with Gasteiger partial charge in [0.25, 0.3) is 0 Å². The number of hydrogen-bond acceptors (Lipinski definition) is 3. The molecule has 2 rings (SSSR count). The topological polar surface area (TPSA) is 46.2 Å². The fourth-order valence-corrected chi connectivity index (χ4v) is 3.99. The number of rotatable bonds is 3. The molecule has 0 radical (unpaired) electrons. The van der Waals surface area contributed by atoms with Gasteiger partial charge < -0.3 is 5.32 Å². The molecule has 0 saturated carbocycles. The van der Waals surface area contributed by atoms with E-state index in [1.165, 1.54) is 11.1 Å². The van der Waals surface area contributed by atoms with Crippen LogP contribution >= 0.6 is 15.9 Å². The minimum Gasteiger partial charge on any atom is -0.309 e. The molecule has 5 heteroatoms. The van der Waals surface area contributed by atoms with Crippen LogP contribution in [-0.2, 0) is 16.4 Å². The van der Waals surface area contributed by atoms with E-state index in [1.807, 2.05) is 19.1 Å². The quantitative estimate of drug-likeness (QED) is 0.928. The second-order valence-electron chi connectivity index (χ2n) is 4.56. The summed E-state index contributed by atoms with van der Waals surface area (Å²) in [4.78, 5) is 0. The number of hydrogen-bond donors (Lipinski definition) is 1. The van der Waals surface area contributed by atoms with Gasteiger partial charge in [-0.2, -0.15) is 0 Å². The molecule has 17 heavy (non-hydrogen) atoms. The summed E-state index contributed by atoms with van der Waals surface area (Å²) in [6.07, 6.45) is 0.734. The van der Waals surface area contributed by atoms with E-state index < -0.39 is 9.84 Å². The van der Waals surface area contributed by atoms with Gasteiger partial charge >= 0.3 is 0 Å². The summed E-state index contributed by atoms with van der Waals surface area (Å²) in [7, 11) is -2.78. The van der Waals surface area contributed by atoms with E-state index in [-0.39, 0.29) is 11.8 Å². The van der Waals surface area contributed by atoms with Crippen molar-refractivity contribution in [1.29, 1.82) is 0 Å². The van der Waals surface area contributed by atoms with Crippen LogP contribution in [-0.4, -0.2) is 26.0 Å². The van der Waals surface area contributed by atoms with Gasteiger partial charge in [0.15, 0.2) is 9.84 Å². The summed E-state index contributed by atoms with van der Waals surface area (Å²) in [5.74, 6) is 0.604. The van der Waals surface area contributed by atoms with Gasteiger partial charge in [0.1, 0.15) is 0 Å². The summed E-state index contributed by atoms with van der Waals surface area (Å²) in [6.45, 7) is 2.78. The van der Waals surface area contributed by atoms with Crippen LogP contribution in [0.5, 0.6) is 0 Å². The van der Waals surface area contributed by atoms with Crippen LogP contribution in [0.15, 0.2) is 22.7 Å². The summed E-state index contributed by atoms with van der Waals surface area (Å²) in [6, 6.07) is 6.30. The molecular weight excluding hydrogens is 302 g/mol. The Morgan fingerprint density at radius 1 is 1.47 bits per heavy atom. The molecule has 1 heterocycles. The molecule has 1 N–H and O–H groups in total. The highest BCUT2D eigenvalue weighted by Gasteiger charge is 2.27. The molecule has 1 aromatic rings. The molecule has 1 aliphatic heterocycles. The third-order valence-electron chi connectivity index (χ3n) is 3.05. The Kier molecular flexibility index (Phi) is 3.90. The van der Waals surface area contributed by atoms with Crippen molar-refractivity contribution in [2.75, 3.05) is 11.5 Å². The van der Waals surface area contributed by atoms with E-state index in [1.54, 1.807) is 0 Å². The predicted molar refractivity (Wildman–Crippen MR) is 72.8 cm³/mol. The molecule has 1 atom stereocenters. The third-order valence-corrected chi connectivity index (χ3v) is 5.71. The van der Waals surface area contributed by atoms with Crippen molar-refractivity contribution in [3.8, 4) is 0 Å². The number of aryl methyl sites for hydroxylation is 1. The average molecular weight is 318 g/mol. The lowest BCUT2D eigenvalue weighted by molar-refractivity contribution is 0.554. The average Bonchev–Trinajstić information content (AvgIpc) is 2.60. The smallest absolute Gasteiger partial charge is 0.151 e. The minimum atomic E-state index is -2.78. The number of benzene rings is 1. The van der Waals surface area contributed by atoms with Crippen LogP contribution in [0.2, 0.25) is 0 Å². The third kappa shape index (κ3) is 3.53. The lowest BCUT2D eigenvalue weighted by atomic mass is 10.1. The van der Waals surface area contributed by atoms with Crippen molar-refractivity contribution < 1.29 is 8.42 Å². The summed E-state index contributed by atoms with van der Waals surface area (Å²) in [5, 5.41) is 3.31. The molecule has 0 amide bonds. The number of sulfone groups is 1. The highest BCUT2D eigenvalue weighted by Crippen LogP contribution is 2.18. The molecule has 94 valence electrons. The van der Waals surface area contributed by atoms with Gasteiger partial charge in [-0.25, -0.2) is 8.42 Å².